The van der Waals surface area contributed by atoms with Crippen LogP contribution in [-0.2, 0) is 0 Å². The number of nitrogens with two attached hydrogens (primary N) is 1. The maximum atomic E-state index is 5.51. The molecular weight excluding hydrogens is 192 g/mol. The lowest BCUT2D eigenvalue weighted by molar-refractivity contribution is 1.03. The van der Waals surface area contributed by atoms with Crippen LogP contribution in [0.15, 0.2) is 25.3 Å². The molecule has 0 aliphatic rings. The van der Waals surface area contributed by atoms with Gasteiger partial charge in [-0.15, -0.1) is 13.2 Å². The standard InChI is InChI=1S/C9H14N6/c1-3-5-11-8-13-7(10)14-9(15-8)12-6-4-2/h3-4H,1-2,5-6H2,(H4,10,11,12,13,14,15). The van der Waals surface area contributed by atoms with Gasteiger partial charge in [-0.25, -0.2) is 0 Å². The molecular formula is C9H14N6. The Morgan fingerprint density at radius 1 is 1.00 bits per heavy atom. The van der Waals surface area contributed by atoms with E-state index in [2.05, 4.69) is 38.7 Å². The van der Waals surface area contributed by atoms with Gasteiger partial charge in [0.15, 0.2) is 0 Å². The predicted molar refractivity (Wildman–Crippen MR) is 61.6 cm³/mol. The predicted octanol–water partition coefficient (Wildman–Crippen LogP) is 0.650. The summed E-state index contributed by atoms with van der Waals surface area (Å²) >= 11 is 0. The first-order valence-electron chi connectivity index (χ1n) is 4.47. The molecule has 6 heteroatoms. The van der Waals surface area contributed by atoms with Crippen LogP contribution in [0.5, 0.6) is 0 Å². The first kappa shape index (κ1) is 11.0. The van der Waals surface area contributed by atoms with E-state index >= 15 is 0 Å². The van der Waals surface area contributed by atoms with Gasteiger partial charge >= 0.3 is 0 Å². The molecule has 0 fully saturated rings. The molecule has 6 nitrogen and oxygen atoms in total. The molecule has 15 heavy (non-hydrogen) atoms. The first-order valence-corrected chi connectivity index (χ1v) is 4.47. The summed E-state index contributed by atoms with van der Waals surface area (Å²) in [6.07, 6.45) is 3.41. The van der Waals surface area contributed by atoms with Gasteiger partial charge in [-0.3, -0.25) is 0 Å². The van der Waals surface area contributed by atoms with Crippen molar-refractivity contribution in [2.45, 2.75) is 0 Å². The van der Waals surface area contributed by atoms with E-state index in [1.54, 1.807) is 12.2 Å². The smallest absolute Gasteiger partial charge is 0.229 e. The van der Waals surface area contributed by atoms with E-state index in [9.17, 15) is 0 Å². The Bertz CT molecular complexity index is 318. The summed E-state index contributed by atoms with van der Waals surface area (Å²) in [5, 5.41) is 5.85. The van der Waals surface area contributed by atoms with Crippen LogP contribution in [0.2, 0.25) is 0 Å². The van der Waals surface area contributed by atoms with E-state index in [0.717, 1.165) is 0 Å². The van der Waals surface area contributed by atoms with Crippen molar-refractivity contribution in [2.75, 3.05) is 29.5 Å². The summed E-state index contributed by atoms with van der Waals surface area (Å²) in [5.41, 5.74) is 5.51. The van der Waals surface area contributed by atoms with Gasteiger partial charge < -0.3 is 16.4 Å². The van der Waals surface area contributed by atoms with Crippen LogP contribution < -0.4 is 16.4 Å². The van der Waals surface area contributed by atoms with E-state index in [1.165, 1.54) is 0 Å². The quantitative estimate of drug-likeness (QED) is 0.592. The Balaban J connectivity index is 2.74. The van der Waals surface area contributed by atoms with Crippen molar-refractivity contribution < 1.29 is 0 Å². The molecule has 0 saturated carbocycles. The zero-order valence-electron chi connectivity index (χ0n) is 8.40. The van der Waals surface area contributed by atoms with Gasteiger partial charge in [-0.1, -0.05) is 12.2 Å². The molecule has 1 aromatic rings. The van der Waals surface area contributed by atoms with Crippen LogP contribution in [0.3, 0.4) is 0 Å². The molecule has 4 N–H and O–H groups in total. The van der Waals surface area contributed by atoms with Crippen molar-refractivity contribution in [3.05, 3.63) is 25.3 Å². The second-order valence-electron chi connectivity index (χ2n) is 2.68. The lowest BCUT2D eigenvalue weighted by atomic mass is 10.6. The normalized spacial score (nSPS) is 9.33. The number of nitrogens with one attached hydrogen (secondary N) is 2. The highest BCUT2D eigenvalue weighted by Crippen LogP contribution is 2.05. The van der Waals surface area contributed by atoms with Crippen molar-refractivity contribution in [1.82, 2.24) is 15.0 Å². The van der Waals surface area contributed by atoms with Crippen LogP contribution in [0.1, 0.15) is 0 Å². The van der Waals surface area contributed by atoms with Crippen LogP contribution in [-0.4, -0.2) is 28.0 Å². The molecule has 0 aromatic carbocycles. The molecule has 0 amide bonds. The monoisotopic (exact) mass is 206 g/mol. The highest BCUT2D eigenvalue weighted by atomic mass is 15.2. The van der Waals surface area contributed by atoms with E-state index in [0.29, 0.717) is 25.0 Å². The number of aromatic nitrogens is 3. The minimum atomic E-state index is 0.170. The highest BCUT2D eigenvalue weighted by Gasteiger charge is 2.01. The summed E-state index contributed by atoms with van der Waals surface area (Å²) < 4.78 is 0. The fourth-order valence-electron chi connectivity index (χ4n) is 0.877. The van der Waals surface area contributed by atoms with Gasteiger partial charge in [-0.05, 0) is 0 Å². The molecule has 1 heterocycles. The Hall–Kier alpha value is -2.11. The SMILES string of the molecule is C=CCNc1nc(N)nc(NCC=C)n1. The summed E-state index contributed by atoms with van der Waals surface area (Å²) in [6.45, 7) is 8.30. The molecule has 0 atom stereocenters. The van der Waals surface area contributed by atoms with Crippen molar-refractivity contribution in [3.63, 3.8) is 0 Å². The molecule has 0 aliphatic carbocycles. The summed E-state index contributed by atoms with van der Waals surface area (Å²) in [6, 6.07) is 0. The second-order valence-corrected chi connectivity index (χ2v) is 2.68. The molecule has 0 unspecified atom stereocenters. The average Bonchev–Trinajstić information content (AvgIpc) is 2.23. The number of anilines is 3. The maximum absolute atomic E-state index is 5.51. The highest BCUT2D eigenvalue weighted by molar-refractivity contribution is 5.40. The Kier molecular flexibility index (Phi) is 4.08. The van der Waals surface area contributed by atoms with E-state index < -0.39 is 0 Å². The fourth-order valence-corrected chi connectivity index (χ4v) is 0.877. The first-order chi connectivity index (χ1) is 7.26. The van der Waals surface area contributed by atoms with Gasteiger partial charge in [0.1, 0.15) is 0 Å². The molecule has 1 aromatic heterocycles. The van der Waals surface area contributed by atoms with Gasteiger partial charge in [-0.2, -0.15) is 15.0 Å². The maximum Gasteiger partial charge on any atom is 0.229 e. The van der Waals surface area contributed by atoms with Gasteiger partial charge in [0.2, 0.25) is 17.8 Å². The molecule has 0 spiro atoms. The molecule has 0 aliphatic heterocycles. The molecule has 0 saturated heterocycles. The Labute approximate surface area is 88.3 Å². The number of nitrogens with zero attached hydrogens (tertiary/aromatic N) is 3. The van der Waals surface area contributed by atoms with Crippen LogP contribution in [0.25, 0.3) is 0 Å². The molecule has 1 rings (SSSR count). The van der Waals surface area contributed by atoms with Gasteiger partial charge in [0.05, 0.1) is 0 Å². The van der Waals surface area contributed by atoms with Crippen molar-refractivity contribution in [1.29, 1.82) is 0 Å². The van der Waals surface area contributed by atoms with Crippen molar-refractivity contribution >= 4 is 17.8 Å². The number of nitrogen functional groups attached to an aromatic ring is 1. The van der Waals surface area contributed by atoms with Crippen LogP contribution >= 0.6 is 0 Å². The summed E-state index contributed by atoms with van der Waals surface area (Å²) in [7, 11) is 0. The van der Waals surface area contributed by atoms with Crippen molar-refractivity contribution in [3.8, 4) is 0 Å². The van der Waals surface area contributed by atoms with E-state index in [4.69, 9.17) is 5.73 Å². The van der Waals surface area contributed by atoms with Crippen molar-refractivity contribution in [2.24, 2.45) is 0 Å². The van der Waals surface area contributed by atoms with E-state index in [1.807, 2.05) is 0 Å². The molecule has 0 bridgehead atoms. The Morgan fingerprint density at radius 3 is 1.87 bits per heavy atom. The Morgan fingerprint density at radius 2 is 1.47 bits per heavy atom. The largest absolute Gasteiger partial charge is 0.368 e. The number of hydrogen-bond donors (Lipinski definition) is 3. The third-order valence-electron chi connectivity index (χ3n) is 1.46. The van der Waals surface area contributed by atoms with Gasteiger partial charge in [0, 0.05) is 13.1 Å². The van der Waals surface area contributed by atoms with E-state index in [-0.39, 0.29) is 5.95 Å². The third kappa shape index (κ3) is 3.63. The minimum Gasteiger partial charge on any atom is -0.368 e. The van der Waals surface area contributed by atoms with Crippen LogP contribution in [0.4, 0.5) is 17.8 Å². The summed E-state index contributed by atoms with van der Waals surface area (Å²) in [4.78, 5) is 11.9. The zero-order valence-corrected chi connectivity index (χ0v) is 8.40. The third-order valence-corrected chi connectivity index (χ3v) is 1.46. The van der Waals surface area contributed by atoms with Gasteiger partial charge in [0.25, 0.3) is 0 Å². The molecule has 80 valence electrons. The zero-order chi connectivity index (χ0) is 11.1. The average molecular weight is 206 g/mol. The topological polar surface area (TPSA) is 88.8 Å². The molecule has 0 radical (unpaired) electrons. The lowest BCUT2D eigenvalue weighted by Gasteiger charge is -2.05. The summed E-state index contributed by atoms with van der Waals surface area (Å²) in [5.74, 6) is 1.02. The second kappa shape index (κ2) is 5.58. The lowest BCUT2D eigenvalue weighted by Crippen LogP contribution is -2.11. The number of rotatable bonds is 6. The van der Waals surface area contributed by atoms with Crippen LogP contribution in [0, 0.1) is 0 Å². The number of hydrogen-bond acceptors (Lipinski definition) is 6. The fraction of sp³-hybridized carbons (Fsp3) is 0.222. The minimum absolute atomic E-state index is 0.170.